The minimum atomic E-state index is 0.193. The van der Waals surface area contributed by atoms with Gasteiger partial charge in [0.1, 0.15) is 0 Å². The van der Waals surface area contributed by atoms with Crippen LogP contribution in [0.3, 0.4) is 0 Å². The van der Waals surface area contributed by atoms with E-state index in [-0.39, 0.29) is 5.91 Å². The summed E-state index contributed by atoms with van der Waals surface area (Å²) in [6, 6.07) is 0.830. The van der Waals surface area contributed by atoms with E-state index in [0.717, 1.165) is 32.5 Å². The third kappa shape index (κ3) is 7.82. The number of nitrogens with zero attached hydrogens (tertiary/aromatic N) is 1. The van der Waals surface area contributed by atoms with Gasteiger partial charge in [0, 0.05) is 18.6 Å². The lowest BCUT2D eigenvalue weighted by molar-refractivity contribution is -0.123. The van der Waals surface area contributed by atoms with E-state index < -0.39 is 0 Å². The summed E-state index contributed by atoms with van der Waals surface area (Å²) in [7, 11) is 0. The van der Waals surface area contributed by atoms with Crippen LogP contribution >= 0.6 is 0 Å². The average molecular weight is 297 g/mol. The van der Waals surface area contributed by atoms with E-state index >= 15 is 0 Å². The standard InChI is InChI=1S/C17H35N3O/c1-4-6-7-9-15(3)19-17(21)14-20(12-5-2)16-10-8-11-18-13-16/h15-16,18H,4-14H2,1-3H3,(H,19,21). The topological polar surface area (TPSA) is 44.4 Å². The smallest absolute Gasteiger partial charge is 0.234 e. The molecule has 124 valence electrons. The highest BCUT2D eigenvalue weighted by Crippen LogP contribution is 2.11. The van der Waals surface area contributed by atoms with Crippen molar-refractivity contribution in [1.29, 1.82) is 0 Å². The van der Waals surface area contributed by atoms with E-state index in [0.29, 0.717) is 18.6 Å². The van der Waals surface area contributed by atoms with Gasteiger partial charge in [0.25, 0.3) is 0 Å². The van der Waals surface area contributed by atoms with E-state index in [1.807, 2.05) is 0 Å². The Hall–Kier alpha value is -0.610. The molecule has 0 saturated carbocycles. The second-order valence-electron chi connectivity index (χ2n) is 6.43. The first-order chi connectivity index (χ1) is 10.2. The number of carbonyl (C=O) groups excluding carboxylic acids is 1. The second kappa shape index (κ2) is 11.0. The molecular weight excluding hydrogens is 262 g/mol. The van der Waals surface area contributed by atoms with Gasteiger partial charge in [-0.25, -0.2) is 0 Å². The first-order valence-electron chi connectivity index (χ1n) is 8.91. The summed E-state index contributed by atoms with van der Waals surface area (Å²) in [6.45, 7) is 10.2. The van der Waals surface area contributed by atoms with E-state index in [4.69, 9.17) is 0 Å². The fraction of sp³-hybridized carbons (Fsp3) is 0.941. The maximum Gasteiger partial charge on any atom is 0.234 e. The van der Waals surface area contributed by atoms with Gasteiger partial charge in [-0.1, -0.05) is 33.1 Å². The quantitative estimate of drug-likeness (QED) is 0.609. The summed E-state index contributed by atoms with van der Waals surface area (Å²) in [5.41, 5.74) is 0. The molecule has 1 fully saturated rings. The van der Waals surface area contributed by atoms with Crippen LogP contribution in [0.2, 0.25) is 0 Å². The Morgan fingerprint density at radius 3 is 2.76 bits per heavy atom. The van der Waals surface area contributed by atoms with Crippen LogP contribution in [0.25, 0.3) is 0 Å². The Balaban J connectivity index is 2.33. The first kappa shape index (κ1) is 18.4. The lowest BCUT2D eigenvalue weighted by atomic mass is 10.1. The number of hydrogen-bond donors (Lipinski definition) is 2. The van der Waals surface area contributed by atoms with Crippen LogP contribution in [-0.4, -0.2) is 49.1 Å². The molecule has 1 aliphatic rings. The molecule has 1 amide bonds. The minimum Gasteiger partial charge on any atom is -0.353 e. The largest absolute Gasteiger partial charge is 0.353 e. The zero-order valence-electron chi connectivity index (χ0n) is 14.3. The Labute approximate surface area is 131 Å². The molecule has 0 aromatic heterocycles. The molecule has 1 saturated heterocycles. The molecule has 2 unspecified atom stereocenters. The monoisotopic (exact) mass is 297 g/mol. The molecule has 4 nitrogen and oxygen atoms in total. The average Bonchev–Trinajstić information content (AvgIpc) is 2.48. The minimum absolute atomic E-state index is 0.193. The van der Waals surface area contributed by atoms with E-state index in [2.05, 4.69) is 36.3 Å². The van der Waals surface area contributed by atoms with Gasteiger partial charge in [-0.2, -0.15) is 0 Å². The first-order valence-corrected chi connectivity index (χ1v) is 8.91. The molecule has 1 heterocycles. The van der Waals surface area contributed by atoms with E-state index in [9.17, 15) is 4.79 Å². The fourth-order valence-electron chi connectivity index (χ4n) is 3.10. The third-order valence-electron chi connectivity index (χ3n) is 4.29. The van der Waals surface area contributed by atoms with Crippen molar-refractivity contribution in [3.8, 4) is 0 Å². The van der Waals surface area contributed by atoms with Gasteiger partial charge in [-0.3, -0.25) is 9.69 Å². The highest BCUT2D eigenvalue weighted by Gasteiger charge is 2.22. The Kier molecular flexibility index (Phi) is 9.68. The molecule has 2 N–H and O–H groups in total. The van der Waals surface area contributed by atoms with Crippen molar-refractivity contribution in [2.45, 2.75) is 77.8 Å². The van der Waals surface area contributed by atoms with Gasteiger partial charge in [0.05, 0.1) is 6.54 Å². The molecule has 2 atom stereocenters. The maximum atomic E-state index is 12.2. The van der Waals surface area contributed by atoms with Crippen LogP contribution in [-0.2, 0) is 4.79 Å². The predicted octanol–water partition coefficient (Wildman–Crippen LogP) is 2.54. The third-order valence-corrected chi connectivity index (χ3v) is 4.29. The molecule has 0 bridgehead atoms. The number of rotatable bonds is 10. The van der Waals surface area contributed by atoms with Crippen LogP contribution in [0, 0.1) is 0 Å². The van der Waals surface area contributed by atoms with Gasteiger partial charge in [0.2, 0.25) is 5.91 Å². The molecule has 21 heavy (non-hydrogen) atoms. The molecule has 1 rings (SSSR count). The zero-order valence-corrected chi connectivity index (χ0v) is 14.3. The summed E-state index contributed by atoms with van der Waals surface area (Å²) < 4.78 is 0. The Morgan fingerprint density at radius 2 is 2.14 bits per heavy atom. The van der Waals surface area contributed by atoms with Gasteiger partial charge in [-0.15, -0.1) is 0 Å². The van der Waals surface area contributed by atoms with Crippen LogP contribution in [0.5, 0.6) is 0 Å². The normalized spacial score (nSPS) is 20.5. The van der Waals surface area contributed by atoms with Crippen LogP contribution in [0.1, 0.15) is 65.7 Å². The molecule has 0 radical (unpaired) electrons. The van der Waals surface area contributed by atoms with Crippen molar-refractivity contribution in [1.82, 2.24) is 15.5 Å². The van der Waals surface area contributed by atoms with Crippen LogP contribution < -0.4 is 10.6 Å². The van der Waals surface area contributed by atoms with Crippen LogP contribution in [0.4, 0.5) is 0 Å². The molecule has 0 aromatic rings. The Bertz CT molecular complexity index is 277. The van der Waals surface area contributed by atoms with Crippen molar-refractivity contribution in [3.05, 3.63) is 0 Å². The van der Waals surface area contributed by atoms with Crippen molar-refractivity contribution in [2.75, 3.05) is 26.2 Å². The van der Waals surface area contributed by atoms with E-state index in [1.54, 1.807) is 0 Å². The number of carbonyl (C=O) groups is 1. The summed E-state index contributed by atoms with van der Waals surface area (Å²) in [5.74, 6) is 0.193. The van der Waals surface area contributed by atoms with Crippen molar-refractivity contribution >= 4 is 5.91 Å². The lowest BCUT2D eigenvalue weighted by Gasteiger charge is -2.34. The lowest BCUT2D eigenvalue weighted by Crippen LogP contribution is -2.50. The SMILES string of the molecule is CCCCCC(C)NC(=O)CN(CCC)C1CCCNC1. The van der Waals surface area contributed by atoms with Gasteiger partial charge < -0.3 is 10.6 Å². The Morgan fingerprint density at radius 1 is 1.33 bits per heavy atom. The molecule has 0 aliphatic carbocycles. The number of piperidine rings is 1. The molecule has 0 aromatic carbocycles. The molecular formula is C17H35N3O. The van der Waals surface area contributed by atoms with Crippen molar-refractivity contribution in [2.24, 2.45) is 0 Å². The molecule has 0 spiro atoms. The summed E-state index contributed by atoms with van der Waals surface area (Å²) in [5, 5.41) is 6.61. The molecule has 4 heteroatoms. The van der Waals surface area contributed by atoms with Gasteiger partial charge in [0.15, 0.2) is 0 Å². The number of unbranched alkanes of at least 4 members (excludes halogenated alkanes) is 2. The summed E-state index contributed by atoms with van der Waals surface area (Å²) in [4.78, 5) is 14.6. The van der Waals surface area contributed by atoms with E-state index in [1.165, 1.54) is 32.1 Å². The van der Waals surface area contributed by atoms with Crippen molar-refractivity contribution < 1.29 is 4.79 Å². The number of amides is 1. The highest BCUT2D eigenvalue weighted by molar-refractivity contribution is 5.78. The summed E-state index contributed by atoms with van der Waals surface area (Å²) >= 11 is 0. The number of nitrogens with one attached hydrogen (secondary N) is 2. The van der Waals surface area contributed by atoms with Gasteiger partial charge >= 0.3 is 0 Å². The zero-order chi connectivity index (χ0) is 15.5. The highest BCUT2D eigenvalue weighted by atomic mass is 16.2. The fourth-order valence-corrected chi connectivity index (χ4v) is 3.10. The maximum absolute atomic E-state index is 12.2. The summed E-state index contributed by atoms with van der Waals surface area (Å²) in [6.07, 6.45) is 8.35. The number of hydrogen-bond acceptors (Lipinski definition) is 3. The van der Waals surface area contributed by atoms with Crippen LogP contribution in [0.15, 0.2) is 0 Å². The predicted molar refractivity (Wildman–Crippen MR) is 89.5 cm³/mol. The molecule has 1 aliphatic heterocycles. The second-order valence-corrected chi connectivity index (χ2v) is 6.43. The van der Waals surface area contributed by atoms with Crippen molar-refractivity contribution in [3.63, 3.8) is 0 Å². The van der Waals surface area contributed by atoms with Gasteiger partial charge in [-0.05, 0) is 45.7 Å².